The van der Waals surface area contributed by atoms with Crippen LogP contribution in [0.25, 0.3) is 0 Å². The lowest BCUT2D eigenvalue weighted by atomic mass is 9.79. The number of hydrogen-bond acceptors (Lipinski definition) is 2. The van der Waals surface area contributed by atoms with Gasteiger partial charge in [-0.1, -0.05) is 13.8 Å². The SMILES string of the molecule is CC(C)C(=O)CC1CCC(C#N)CC1. The standard InChI is InChI=1S/C12H19NO/c1-9(2)12(14)7-10-3-5-11(8-13)6-4-10/h9-11H,3-7H2,1-2H3. The van der Waals surface area contributed by atoms with Crippen molar-refractivity contribution < 1.29 is 4.79 Å². The van der Waals surface area contributed by atoms with Crippen molar-refractivity contribution >= 4 is 5.78 Å². The molecule has 1 aliphatic carbocycles. The Kier molecular flexibility index (Phi) is 4.13. The van der Waals surface area contributed by atoms with E-state index in [1.807, 2.05) is 13.8 Å². The van der Waals surface area contributed by atoms with Gasteiger partial charge in [0.15, 0.2) is 0 Å². The molecule has 0 N–H and O–H groups in total. The molecule has 0 unspecified atom stereocenters. The quantitative estimate of drug-likeness (QED) is 0.691. The normalized spacial score (nSPS) is 27.3. The monoisotopic (exact) mass is 193 g/mol. The van der Waals surface area contributed by atoms with Gasteiger partial charge in [-0.25, -0.2) is 0 Å². The number of nitriles is 1. The van der Waals surface area contributed by atoms with Gasteiger partial charge >= 0.3 is 0 Å². The van der Waals surface area contributed by atoms with E-state index >= 15 is 0 Å². The van der Waals surface area contributed by atoms with Crippen molar-refractivity contribution in [2.45, 2.75) is 46.0 Å². The van der Waals surface area contributed by atoms with Crippen molar-refractivity contribution in [1.29, 1.82) is 5.26 Å². The smallest absolute Gasteiger partial charge is 0.135 e. The molecule has 78 valence electrons. The van der Waals surface area contributed by atoms with Crippen LogP contribution >= 0.6 is 0 Å². The van der Waals surface area contributed by atoms with E-state index in [9.17, 15) is 4.79 Å². The number of Topliss-reactive ketones (excluding diaryl/α,β-unsaturated/α-hetero) is 1. The van der Waals surface area contributed by atoms with Crippen molar-refractivity contribution in [3.8, 4) is 6.07 Å². The van der Waals surface area contributed by atoms with Crippen LogP contribution in [0.3, 0.4) is 0 Å². The summed E-state index contributed by atoms with van der Waals surface area (Å²) in [6, 6.07) is 2.32. The zero-order chi connectivity index (χ0) is 10.6. The average molecular weight is 193 g/mol. The zero-order valence-corrected chi connectivity index (χ0v) is 9.12. The third-order valence-electron chi connectivity index (χ3n) is 3.16. The highest BCUT2D eigenvalue weighted by atomic mass is 16.1. The second kappa shape index (κ2) is 5.14. The van der Waals surface area contributed by atoms with Gasteiger partial charge in [-0.05, 0) is 31.6 Å². The first-order chi connectivity index (χ1) is 6.63. The summed E-state index contributed by atoms with van der Waals surface area (Å²) in [6.07, 6.45) is 4.85. The van der Waals surface area contributed by atoms with Crippen LogP contribution in [-0.4, -0.2) is 5.78 Å². The highest BCUT2D eigenvalue weighted by Gasteiger charge is 2.23. The molecule has 0 bridgehead atoms. The number of carbonyl (C=O) groups excluding carboxylic acids is 1. The van der Waals surface area contributed by atoms with Crippen LogP contribution in [0.5, 0.6) is 0 Å². The summed E-state index contributed by atoms with van der Waals surface area (Å²) < 4.78 is 0. The molecular weight excluding hydrogens is 174 g/mol. The molecule has 0 aromatic heterocycles. The minimum absolute atomic E-state index is 0.170. The molecule has 0 amide bonds. The molecule has 14 heavy (non-hydrogen) atoms. The Morgan fingerprint density at radius 1 is 1.36 bits per heavy atom. The minimum atomic E-state index is 0.170. The maximum absolute atomic E-state index is 11.5. The Morgan fingerprint density at radius 3 is 2.36 bits per heavy atom. The molecule has 2 nitrogen and oxygen atoms in total. The van der Waals surface area contributed by atoms with E-state index in [0.717, 1.165) is 32.1 Å². The Morgan fingerprint density at radius 2 is 1.93 bits per heavy atom. The van der Waals surface area contributed by atoms with Gasteiger partial charge in [0, 0.05) is 18.3 Å². The molecule has 1 fully saturated rings. The molecule has 2 heteroatoms. The van der Waals surface area contributed by atoms with Crippen LogP contribution < -0.4 is 0 Å². The Bertz CT molecular complexity index is 231. The molecular formula is C12H19NO. The number of carbonyl (C=O) groups is 1. The molecule has 0 atom stereocenters. The van der Waals surface area contributed by atoms with Crippen molar-refractivity contribution in [3.05, 3.63) is 0 Å². The molecule has 0 aromatic rings. The largest absolute Gasteiger partial charge is 0.299 e. The van der Waals surface area contributed by atoms with E-state index in [0.29, 0.717) is 11.7 Å². The van der Waals surface area contributed by atoms with Crippen LogP contribution in [0, 0.1) is 29.1 Å². The lowest BCUT2D eigenvalue weighted by Gasteiger charge is -2.24. The maximum Gasteiger partial charge on any atom is 0.135 e. The molecule has 0 spiro atoms. The number of hydrogen-bond donors (Lipinski definition) is 0. The number of nitrogens with zero attached hydrogens (tertiary/aromatic N) is 1. The van der Waals surface area contributed by atoms with Gasteiger partial charge in [0.05, 0.1) is 6.07 Å². The van der Waals surface area contributed by atoms with Gasteiger partial charge in [0.1, 0.15) is 5.78 Å². The van der Waals surface area contributed by atoms with Crippen molar-refractivity contribution in [2.75, 3.05) is 0 Å². The van der Waals surface area contributed by atoms with Gasteiger partial charge in [-0.3, -0.25) is 4.79 Å². The Labute approximate surface area is 86.3 Å². The molecule has 0 heterocycles. The third-order valence-corrected chi connectivity index (χ3v) is 3.16. The predicted molar refractivity (Wildman–Crippen MR) is 55.5 cm³/mol. The maximum atomic E-state index is 11.5. The van der Waals surface area contributed by atoms with E-state index < -0.39 is 0 Å². The van der Waals surface area contributed by atoms with Gasteiger partial charge in [-0.15, -0.1) is 0 Å². The van der Waals surface area contributed by atoms with Gasteiger partial charge in [-0.2, -0.15) is 5.26 Å². The number of rotatable bonds is 3. The second-order valence-electron chi connectivity index (χ2n) is 4.67. The van der Waals surface area contributed by atoms with Crippen LogP contribution in [0.15, 0.2) is 0 Å². The van der Waals surface area contributed by atoms with Crippen molar-refractivity contribution in [1.82, 2.24) is 0 Å². The zero-order valence-electron chi connectivity index (χ0n) is 9.12. The summed E-state index contributed by atoms with van der Waals surface area (Å²) in [5, 5.41) is 8.73. The first kappa shape index (κ1) is 11.2. The summed E-state index contributed by atoms with van der Waals surface area (Å²) in [6.45, 7) is 3.92. The van der Waals surface area contributed by atoms with Crippen LogP contribution in [0.4, 0.5) is 0 Å². The average Bonchev–Trinajstić information content (AvgIpc) is 2.19. The predicted octanol–water partition coefficient (Wildman–Crippen LogP) is 2.93. The van der Waals surface area contributed by atoms with Crippen molar-refractivity contribution in [2.24, 2.45) is 17.8 Å². The molecule has 1 aliphatic rings. The molecule has 0 aromatic carbocycles. The molecule has 0 aliphatic heterocycles. The first-order valence-electron chi connectivity index (χ1n) is 5.55. The summed E-state index contributed by atoms with van der Waals surface area (Å²) in [5.41, 5.74) is 0. The molecule has 1 saturated carbocycles. The summed E-state index contributed by atoms with van der Waals surface area (Å²) in [4.78, 5) is 11.5. The highest BCUT2D eigenvalue weighted by molar-refractivity contribution is 5.80. The van der Waals surface area contributed by atoms with E-state index in [1.54, 1.807) is 0 Å². The van der Waals surface area contributed by atoms with Gasteiger partial charge in [0.25, 0.3) is 0 Å². The second-order valence-corrected chi connectivity index (χ2v) is 4.67. The lowest BCUT2D eigenvalue weighted by Crippen LogP contribution is -2.18. The van der Waals surface area contributed by atoms with Crippen molar-refractivity contribution in [3.63, 3.8) is 0 Å². The van der Waals surface area contributed by atoms with Crippen LogP contribution in [0.2, 0.25) is 0 Å². The summed E-state index contributed by atoms with van der Waals surface area (Å²) in [5.74, 6) is 1.35. The summed E-state index contributed by atoms with van der Waals surface area (Å²) in [7, 11) is 0. The topological polar surface area (TPSA) is 40.9 Å². The van der Waals surface area contributed by atoms with E-state index in [2.05, 4.69) is 6.07 Å². The minimum Gasteiger partial charge on any atom is -0.299 e. The fourth-order valence-corrected chi connectivity index (χ4v) is 2.02. The fraction of sp³-hybridized carbons (Fsp3) is 0.833. The van der Waals surface area contributed by atoms with Crippen LogP contribution in [-0.2, 0) is 4.79 Å². The highest BCUT2D eigenvalue weighted by Crippen LogP contribution is 2.30. The fourth-order valence-electron chi connectivity index (χ4n) is 2.02. The van der Waals surface area contributed by atoms with Gasteiger partial charge < -0.3 is 0 Å². The Hall–Kier alpha value is -0.840. The molecule has 1 rings (SSSR count). The van der Waals surface area contributed by atoms with E-state index in [-0.39, 0.29) is 11.8 Å². The third kappa shape index (κ3) is 3.14. The molecule has 0 saturated heterocycles. The lowest BCUT2D eigenvalue weighted by molar-refractivity contribution is -0.123. The first-order valence-corrected chi connectivity index (χ1v) is 5.55. The van der Waals surface area contributed by atoms with E-state index in [1.165, 1.54) is 0 Å². The summed E-state index contributed by atoms with van der Waals surface area (Å²) >= 11 is 0. The molecule has 0 radical (unpaired) electrons. The van der Waals surface area contributed by atoms with Gasteiger partial charge in [0.2, 0.25) is 0 Å². The Balaban J connectivity index is 2.29. The number of ketones is 1. The van der Waals surface area contributed by atoms with E-state index in [4.69, 9.17) is 5.26 Å². The van der Waals surface area contributed by atoms with Crippen LogP contribution in [0.1, 0.15) is 46.0 Å².